The van der Waals surface area contributed by atoms with Gasteiger partial charge in [0.05, 0.1) is 0 Å². The summed E-state index contributed by atoms with van der Waals surface area (Å²) in [6, 6.07) is 18.7. The molecule has 5 nitrogen and oxygen atoms in total. The highest BCUT2D eigenvalue weighted by molar-refractivity contribution is 5.92. The van der Waals surface area contributed by atoms with Gasteiger partial charge < -0.3 is 9.47 Å². The van der Waals surface area contributed by atoms with Crippen molar-refractivity contribution in [2.75, 3.05) is 26.2 Å². The Morgan fingerprint density at radius 1 is 0.963 bits per heavy atom. The third-order valence-corrected chi connectivity index (χ3v) is 5.04. The van der Waals surface area contributed by atoms with Crippen LogP contribution in [0.3, 0.4) is 0 Å². The highest BCUT2D eigenvalue weighted by Gasteiger charge is 2.23. The molecule has 1 aliphatic heterocycles. The molecule has 1 aromatic heterocycles. The maximum atomic E-state index is 12.8. The SMILES string of the molecule is Cc1ccc(-n2cnc(C(=O)N3CCN(Cc4ccccc4)CC3)c2)cc1. The maximum absolute atomic E-state index is 12.8. The number of rotatable bonds is 4. The monoisotopic (exact) mass is 360 g/mol. The third-order valence-electron chi connectivity index (χ3n) is 5.04. The number of benzene rings is 2. The zero-order chi connectivity index (χ0) is 18.6. The molecule has 138 valence electrons. The third kappa shape index (κ3) is 4.09. The number of aromatic nitrogens is 2. The number of hydrogen-bond donors (Lipinski definition) is 0. The Kier molecular flexibility index (Phi) is 5.03. The summed E-state index contributed by atoms with van der Waals surface area (Å²) in [4.78, 5) is 21.4. The van der Waals surface area contributed by atoms with Crippen molar-refractivity contribution in [1.29, 1.82) is 0 Å². The second kappa shape index (κ2) is 7.76. The number of carbonyl (C=O) groups excluding carboxylic acids is 1. The highest BCUT2D eigenvalue weighted by atomic mass is 16.2. The number of aryl methyl sites for hydroxylation is 1. The molecule has 1 amide bonds. The van der Waals surface area contributed by atoms with Gasteiger partial charge in [-0.2, -0.15) is 0 Å². The first-order valence-corrected chi connectivity index (χ1v) is 9.35. The summed E-state index contributed by atoms with van der Waals surface area (Å²) in [6.45, 7) is 6.25. The second-order valence-corrected chi connectivity index (χ2v) is 7.06. The summed E-state index contributed by atoms with van der Waals surface area (Å²) in [5, 5.41) is 0. The molecule has 1 aliphatic rings. The molecule has 0 bridgehead atoms. The average molecular weight is 360 g/mol. The van der Waals surface area contributed by atoms with Crippen molar-refractivity contribution < 1.29 is 4.79 Å². The topological polar surface area (TPSA) is 41.4 Å². The van der Waals surface area contributed by atoms with Crippen LogP contribution >= 0.6 is 0 Å². The minimum absolute atomic E-state index is 0.0141. The summed E-state index contributed by atoms with van der Waals surface area (Å²) in [6.07, 6.45) is 3.53. The highest BCUT2D eigenvalue weighted by Crippen LogP contribution is 2.13. The fourth-order valence-electron chi connectivity index (χ4n) is 3.40. The summed E-state index contributed by atoms with van der Waals surface area (Å²) < 4.78 is 1.90. The van der Waals surface area contributed by atoms with E-state index in [9.17, 15) is 4.79 Å². The lowest BCUT2D eigenvalue weighted by Crippen LogP contribution is -2.48. The molecule has 27 heavy (non-hydrogen) atoms. The van der Waals surface area contributed by atoms with Crippen LogP contribution in [0.1, 0.15) is 21.6 Å². The van der Waals surface area contributed by atoms with Gasteiger partial charge in [-0.15, -0.1) is 0 Å². The van der Waals surface area contributed by atoms with Crippen LogP contribution in [0, 0.1) is 6.92 Å². The minimum atomic E-state index is 0.0141. The number of nitrogens with zero attached hydrogens (tertiary/aromatic N) is 4. The van der Waals surface area contributed by atoms with Gasteiger partial charge >= 0.3 is 0 Å². The van der Waals surface area contributed by atoms with Crippen molar-refractivity contribution in [2.24, 2.45) is 0 Å². The Morgan fingerprint density at radius 3 is 2.37 bits per heavy atom. The van der Waals surface area contributed by atoms with Crippen LogP contribution in [0.25, 0.3) is 5.69 Å². The summed E-state index contributed by atoms with van der Waals surface area (Å²) in [5.74, 6) is 0.0141. The van der Waals surface area contributed by atoms with Crippen LogP contribution in [-0.2, 0) is 6.54 Å². The van der Waals surface area contributed by atoms with Crippen molar-refractivity contribution in [3.05, 3.63) is 83.9 Å². The van der Waals surface area contributed by atoms with Crippen LogP contribution in [0.5, 0.6) is 0 Å². The molecule has 0 aliphatic carbocycles. The number of imidazole rings is 1. The molecule has 1 fully saturated rings. The molecule has 0 N–H and O–H groups in total. The Bertz CT molecular complexity index is 894. The van der Waals surface area contributed by atoms with Crippen molar-refractivity contribution in [2.45, 2.75) is 13.5 Å². The van der Waals surface area contributed by atoms with E-state index in [0.29, 0.717) is 5.69 Å². The Labute approximate surface area is 159 Å². The van der Waals surface area contributed by atoms with Gasteiger partial charge in [0.15, 0.2) is 0 Å². The first-order valence-electron chi connectivity index (χ1n) is 9.35. The number of amides is 1. The largest absolute Gasteiger partial charge is 0.335 e. The van der Waals surface area contributed by atoms with Gasteiger partial charge in [0, 0.05) is 44.6 Å². The van der Waals surface area contributed by atoms with Gasteiger partial charge in [-0.1, -0.05) is 48.0 Å². The second-order valence-electron chi connectivity index (χ2n) is 7.06. The molecule has 4 rings (SSSR count). The molecule has 0 unspecified atom stereocenters. The lowest BCUT2D eigenvalue weighted by Gasteiger charge is -2.34. The zero-order valence-corrected chi connectivity index (χ0v) is 15.6. The average Bonchev–Trinajstić information content (AvgIpc) is 3.20. The normalized spacial score (nSPS) is 15.1. The van der Waals surface area contributed by atoms with Gasteiger partial charge in [-0.3, -0.25) is 9.69 Å². The zero-order valence-electron chi connectivity index (χ0n) is 15.6. The van der Waals surface area contributed by atoms with E-state index >= 15 is 0 Å². The van der Waals surface area contributed by atoms with E-state index in [1.54, 1.807) is 6.33 Å². The Morgan fingerprint density at radius 2 is 1.67 bits per heavy atom. The molecule has 3 aromatic rings. The maximum Gasteiger partial charge on any atom is 0.274 e. The standard InChI is InChI=1S/C22H24N4O/c1-18-7-9-20(10-8-18)26-16-21(23-17-26)22(27)25-13-11-24(12-14-25)15-19-5-3-2-4-6-19/h2-10,16-17H,11-15H2,1H3. The van der Waals surface area contributed by atoms with Gasteiger partial charge in [0.2, 0.25) is 0 Å². The lowest BCUT2D eigenvalue weighted by molar-refractivity contribution is 0.0623. The van der Waals surface area contributed by atoms with E-state index in [0.717, 1.165) is 38.4 Å². The van der Waals surface area contributed by atoms with Crippen LogP contribution in [0.2, 0.25) is 0 Å². The van der Waals surface area contributed by atoms with Gasteiger partial charge in [-0.05, 0) is 24.6 Å². The van der Waals surface area contributed by atoms with E-state index in [2.05, 4.69) is 53.2 Å². The molecule has 2 heterocycles. The minimum Gasteiger partial charge on any atom is -0.335 e. The van der Waals surface area contributed by atoms with E-state index in [1.165, 1.54) is 11.1 Å². The van der Waals surface area contributed by atoms with Crippen LogP contribution in [-0.4, -0.2) is 51.4 Å². The Balaban J connectivity index is 1.36. The molecule has 0 atom stereocenters. The molecule has 5 heteroatoms. The van der Waals surface area contributed by atoms with Gasteiger partial charge in [0.25, 0.3) is 5.91 Å². The molecular formula is C22H24N4O. The molecule has 0 saturated carbocycles. The quantitative estimate of drug-likeness (QED) is 0.718. The van der Waals surface area contributed by atoms with Gasteiger partial charge in [0.1, 0.15) is 12.0 Å². The fraction of sp³-hybridized carbons (Fsp3) is 0.273. The molecular weight excluding hydrogens is 336 g/mol. The predicted molar refractivity (Wildman–Crippen MR) is 106 cm³/mol. The van der Waals surface area contributed by atoms with Crippen LogP contribution in [0.4, 0.5) is 0 Å². The predicted octanol–water partition coefficient (Wildman–Crippen LogP) is 3.14. The molecule has 2 aromatic carbocycles. The van der Waals surface area contributed by atoms with E-state index in [1.807, 2.05) is 33.9 Å². The van der Waals surface area contributed by atoms with Crippen molar-refractivity contribution in [3.8, 4) is 5.69 Å². The van der Waals surface area contributed by atoms with E-state index in [-0.39, 0.29) is 5.91 Å². The number of piperazine rings is 1. The molecule has 0 spiro atoms. The molecule has 1 saturated heterocycles. The van der Waals surface area contributed by atoms with E-state index in [4.69, 9.17) is 0 Å². The Hall–Kier alpha value is -2.92. The summed E-state index contributed by atoms with van der Waals surface area (Å²) in [7, 11) is 0. The first-order chi connectivity index (χ1) is 13.2. The number of carbonyl (C=O) groups is 1. The lowest BCUT2D eigenvalue weighted by atomic mass is 10.2. The van der Waals surface area contributed by atoms with Crippen LogP contribution in [0.15, 0.2) is 67.1 Å². The van der Waals surface area contributed by atoms with E-state index < -0.39 is 0 Å². The van der Waals surface area contributed by atoms with Crippen molar-refractivity contribution in [1.82, 2.24) is 19.4 Å². The van der Waals surface area contributed by atoms with Crippen molar-refractivity contribution >= 4 is 5.91 Å². The smallest absolute Gasteiger partial charge is 0.274 e. The van der Waals surface area contributed by atoms with Crippen molar-refractivity contribution in [3.63, 3.8) is 0 Å². The number of hydrogen-bond acceptors (Lipinski definition) is 3. The summed E-state index contributed by atoms with van der Waals surface area (Å²) in [5.41, 5.74) is 4.05. The van der Waals surface area contributed by atoms with Crippen LogP contribution < -0.4 is 0 Å². The summed E-state index contributed by atoms with van der Waals surface area (Å²) >= 11 is 0. The molecule has 0 radical (unpaired) electrons. The van der Waals surface area contributed by atoms with Gasteiger partial charge in [-0.25, -0.2) is 4.98 Å². The fourth-order valence-corrected chi connectivity index (χ4v) is 3.40. The first kappa shape index (κ1) is 17.5.